The second-order valence-electron chi connectivity index (χ2n) is 6.02. The van der Waals surface area contributed by atoms with Crippen LogP contribution in [0.1, 0.15) is 11.1 Å². The lowest BCUT2D eigenvalue weighted by atomic mass is 10.0. The molecule has 2 aromatic carbocycles. The van der Waals surface area contributed by atoms with Crippen molar-refractivity contribution < 1.29 is 19.4 Å². The van der Waals surface area contributed by atoms with Gasteiger partial charge in [-0.3, -0.25) is 4.79 Å². The molecule has 1 aromatic heterocycles. The molecular formula is C20H22N2O4. The third kappa shape index (κ3) is 3.81. The van der Waals surface area contributed by atoms with E-state index in [1.165, 1.54) is 0 Å². The van der Waals surface area contributed by atoms with Crippen LogP contribution in [0.5, 0.6) is 11.5 Å². The first-order valence-electron chi connectivity index (χ1n) is 8.34. The second kappa shape index (κ2) is 7.93. The number of aliphatic carboxylic acids is 1. The molecule has 0 bridgehead atoms. The first-order chi connectivity index (χ1) is 12.6. The Bertz CT molecular complexity index is 904. The number of fused-ring (bicyclic) bond motifs is 1. The molecule has 1 heterocycles. The van der Waals surface area contributed by atoms with Crippen LogP contribution < -0.4 is 14.8 Å². The number of methoxy groups -OCH3 is 2. The molecule has 3 aromatic rings. The van der Waals surface area contributed by atoms with Crippen LogP contribution in [0.25, 0.3) is 10.9 Å². The summed E-state index contributed by atoms with van der Waals surface area (Å²) in [5.41, 5.74) is 2.91. The van der Waals surface area contributed by atoms with Crippen LogP contribution in [0.15, 0.2) is 48.7 Å². The summed E-state index contributed by atoms with van der Waals surface area (Å²) < 4.78 is 10.5. The van der Waals surface area contributed by atoms with Crippen molar-refractivity contribution in [3.05, 3.63) is 59.8 Å². The number of ether oxygens (including phenoxy) is 2. The Morgan fingerprint density at radius 3 is 2.65 bits per heavy atom. The zero-order valence-corrected chi connectivity index (χ0v) is 14.8. The number of carbonyl (C=O) groups is 1. The van der Waals surface area contributed by atoms with Crippen LogP contribution in [-0.4, -0.2) is 36.3 Å². The van der Waals surface area contributed by atoms with Gasteiger partial charge in [0.15, 0.2) is 11.5 Å². The van der Waals surface area contributed by atoms with Crippen molar-refractivity contribution in [1.82, 2.24) is 10.3 Å². The molecule has 0 aliphatic carbocycles. The van der Waals surface area contributed by atoms with Crippen molar-refractivity contribution in [3.63, 3.8) is 0 Å². The standard InChI is InChI=1S/C20H22N2O4/c1-25-18-8-7-13(9-19(18)26-2)11-21-17(20(23)24)10-14-12-22-16-6-4-3-5-15(14)16/h3-9,12,17,21-22H,10-11H2,1-2H3,(H,23,24). The van der Waals surface area contributed by atoms with Gasteiger partial charge in [0.25, 0.3) is 0 Å². The molecule has 0 aliphatic heterocycles. The maximum absolute atomic E-state index is 11.7. The fourth-order valence-corrected chi connectivity index (χ4v) is 3.00. The molecule has 0 fully saturated rings. The van der Waals surface area contributed by atoms with E-state index < -0.39 is 12.0 Å². The monoisotopic (exact) mass is 354 g/mol. The van der Waals surface area contributed by atoms with Gasteiger partial charge in [0.2, 0.25) is 0 Å². The van der Waals surface area contributed by atoms with E-state index in [-0.39, 0.29) is 0 Å². The molecule has 6 heteroatoms. The van der Waals surface area contributed by atoms with Crippen LogP contribution in [0.2, 0.25) is 0 Å². The number of hydrogen-bond donors (Lipinski definition) is 3. The molecule has 1 unspecified atom stereocenters. The summed E-state index contributed by atoms with van der Waals surface area (Å²) in [6, 6.07) is 12.7. The summed E-state index contributed by atoms with van der Waals surface area (Å²) in [4.78, 5) is 14.9. The first kappa shape index (κ1) is 17.8. The van der Waals surface area contributed by atoms with Gasteiger partial charge in [-0.25, -0.2) is 0 Å². The molecule has 0 saturated carbocycles. The predicted molar refractivity (Wildman–Crippen MR) is 99.8 cm³/mol. The van der Waals surface area contributed by atoms with Crippen molar-refractivity contribution in [1.29, 1.82) is 0 Å². The van der Waals surface area contributed by atoms with Crippen LogP contribution in [-0.2, 0) is 17.8 Å². The minimum Gasteiger partial charge on any atom is -0.493 e. The zero-order chi connectivity index (χ0) is 18.5. The average molecular weight is 354 g/mol. The molecule has 0 amide bonds. The van der Waals surface area contributed by atoms with Gasteiger partial charge < -0.3 is 24.9 Å². The molecule has 3 rings (SSSR count). The molecule has 0 spiro atoms. The lowest BCUT2D eigenvalue weighted by molar-refractivity contribution is -0.139. The van der Waals surface area contributed by atoms with E-state index >= 15 is 0 Å². The fraction of sp³-hybridized carbons (Fsp3) is 0.250. The third-order valence-corrected chi connectivity index (χ3v) is 4.40. The fourth-order valence-electron chi connectivity index (χ4n) is 3.00. The van der Waals surface area contributed by atoms with Gasteiger partial charge in [-0.05, 0) is 29.3 Å². The highest BCUT2D eigenvalue weighted by Gasteiger charge is 2.19. The van der Waals surface area contributed by atoms with Gasteiger partial charge >= 0.3 is 5.97 Å². The normalized spacial score (nSPS) is 12.1. The van der Waals surface area contributed by atoms with Crippen molar-refractivity contribution in [2.75, 3.05) is 14.2 Å². The van der Waals surface area contributed by atoms with E-state index in [1.807, 2.05) is 48.7 Å². The lowest BCUT2D eigenvalue weighted by Gasteiger charge is -2.15. The van der Waals surface area contributed by atoms with Crippen LogP contribution in [0, 0.1) is 0 Å². The van der Waals surface area contributed by atoms with E-state index in [0.29, 0.717) is 24.5 Å². The maximum Gasteiger partial charge on any atom is 0.321 e. The molecule has 26 heavy (non-hydrogen) atoms. The molecule has 3 N–H and O–H groups in total. The third-order valence-electron chi connectivity index (χ3n) is 4.40. The summed E-state index contributed by atoms with van der Waals surface area (Å²) in [5.74, 6) is 0.385. The van der Waals surface area contributed by atoms with E-state index in [9.17, 15) is 9.90 Å². The Kier molecular flexibility index (Phi) is 5.43. The molecule has 1 atom stereocenters. The topological polar surface area (TPSA) is 83.6 Å². The first-order valence-corrected chi connectivity index (χ1v) is 8.34. The Labute approximate surface area is 151 Å². The number of carboxylic acid groups (broad SMARTS) is 1. The van der Waals surface area contributed by atoms with Crippen LogP contribution in [0.4, 0.5) is 0 Å². The van der Waals surface area contributed by atoms with Crippen molar-refractivity contribution in [3.8, 4) is 11.5 Å². The molecule has 0 saturated heterocycles. The smallest absolute Gasteiger partial charge is 0.321 e. The minimum atomic E-state index is -0.879. The Morgan fingerprint density at radius 1 is 1.15 bits per heavy atom. The van der Waals surface area contributed by atoms with Gasteiger partial charge in [0, 0.05) is 30.1 Å². The Morgan fingerprint density at radius 2 is 1.92 bits per heavy atom. The van der Waals surface area contributed by atoms with E-state index in [4.69, 9.17) is 9.47 Å². The van der Waals surface area contributed by atoms with Gasteiger partial charge in [-0.15, -0.1) is 0 Å². The summed E-state index contributed by atoms with van der Waals surface area (Å²) in [7, 11) is 3.16. The number of aromatic amines is 1. The van der Waals surface area contributed by atoms with Gasteiger partial charge in [0.05, 0.1) is 14.2 Å². The zero-order valence-electron chi connectivity index (χ0n) is 14.8. The second-order valence-corrected chi connectivity index (χ2v) is 6.02. The number of hydrogen-bond acceptors (Lipinski definition) is 4. The van der Waals surface area contributed by atoms with Gasteiger partial charge in [-0.2, -0.15) is 0 Å². The van der Waals surface area contributed by atoms with E-state index in [1.54, 1.807) is 14.2 Å². The molecule has 6 nitrogen and oxygen atoms in total. The van der Waals surface area contributed by atoms with E-state index in [2.05, 4.69) is 10.3 Å². The number of H-pyrrole nitrogens is 1. The minimum absolute atomic E-state index is 0.395. The highest BCUT2D eigenvalue weighted by molar-refractivity contribution is 5.84. The van der Waals surface area contributed by atoms with Gasteiger partial charge in [-0.1, -0.05) is 24.3 Å². The highest BCUT2D eigenvalue weighted by atomic mass is 16.5. The number of para-hydroxylation sites is 1. The molecule has 0 radical (unpaired) electrons. The summed E-state index contributed by atoms with van der Waals surface area (Å²) in [6.45, 7) is 0.416. The van der Waals surface area contributed by atoms with Crippen molar-refractivity contribution >= 4 is 16.9 Å². The molecule has 136 valence electrons. The number of nitrogens with one attached hydrogen (secondary N) is 2. The van der Waals surface area contributed by atoms with Crippen LogP contribution in [0.3, 0.4) is 0 Å². The predicted octanol–water partition coefficient (Wildman–Crippen LogP) is 2.97. The number of benzene rings is 2. The van der Waals surface area contributed by atoms with E-state index in [0.717, 1.165) is 22.0 Å². The lowest BCUT2D eigenvalue weighted by Crippen LogP contribution is -2.38. The largest absolute Gasteiger partial charge is 0.493 e. The average Bonchev–Trinajstić information content (AvgIpc) is 3.07. The molecule has 0 aliphatic rings. The number of rotatable bonds is 8. The SMILES string of the molecule is COc1ccc(CNC(Cc2c[nH]c3ccccc23)C(=O)O)cc1OC. The Hall–Kier alpha value is -2.99. The maximum atomic E-state index is 11.7. The van der Waals surface area contributed by atoms with Crippen LogP contribution >= 0.6 is 0 Å². The quantitative estimate of drug-likeness (QED) is 0.579. The highest BCUT2D eigenvalue weighted by Crippen LogP contribution is 2.27. The molecular weight excluding hydrogens is 332 g/mol. The summed E-state index contributed by atoms with van der Waals surface area (Å²) >= 11 is 0. The van der Waals surface area contributed by atoms with Gasteiger partial charge in [0.1, 0.15) is 6.04 Å². The van der Waals surface area contributed by atoms with Crippen molar-refractivity contribution in [2.24, 2.45) is 0 Å². The summed E-state index contributed by atoms with van der Waals surface area (Å²) in [6.07, 6.45) is 2.27. The Balaban J connectivity index is 1.72. The summed E-state index contributed by atoms with van der Waals surface area (Å²) in [5, 5.41) is 13.8. The van der Waals surface area contributed by atoms with Crippen molar-refractivity contribution in [2.45, 2.75) is 19.0 Å². The number of aromatic nitrogens is 1. The number of carboxylic acids is 1.